The van der Waals surface area contributed by atoms with E-state index in [9.17, 15) is 10.1 Å². The summed E-state index contributed by atoms with van der Waals surface area (Å²) in [6, 6.07) is 18.8. The molecule has 2 aromatic rings. The number of nitriles is 1. The van der Waals surface area contributed by atoms with Gasteiger partial charge in [-0.05, 0) is 35.2 Å². The number of nitrogens with zero attached hydrogens (tertiary/aromatic N) is 2. The van der Waals surface area contributed by atoms with Crippen LogP contribution in [-0.2, 0) is 9.53 Å². The smallest absolute Gasteiger partial charge is 0.238 e. The quantitative estimate of drug-likeness (QED) is 0.369. The summed E-state index contributed by atoms with van der Waals surface area (Å²) in [7, 11) is 0. The normalized spacial score (nSPS) is 26.2. The van der Waals surface area contributed by atoms with Crippen molar-refractivity contribution in [3.05, 3.63) is 76.5 Å². The molecule has 0 saturated carbocycles. The van der Waals surface area contributed by atoms with Gasteiger partial charge in [0.15, 0.2) is 5.78 Å². The first kappa shape index (κ1) is 22.0. The van der Waals surface area contributed by atoms with Gasteiger partial charge in [0.1, 0.15) is 5.76 Å². The lowest BCUT2D eigenvalue weighted by molar-refractivity contribution is -0.119. The summed E-state index contributed by atoms with van der Waals surface area (Å²) in [5, 5.41) is 10.7. The molecule has 0 bridgehead atoms. The fourth-order valence-electron chi connectivity index (χ4n) is 4.03. The Bertz CT molecular complexity index is 1120. The molecular weight excluding hydrogens is 451 g/mol. The van der Waals surface area contributed by atoms with Crippen molar-refractivity contribution in [1.29, 1.82) is 5.26 Å². The molecule has 1 aliphatic carbocycles. The molecule has 0 N–H and O–H groups in total. The molecule has 0 unspecified atom stereocenters. The topological polar surface area (TPSA) is 62.4 Å². The van der Waals surface area contributed by atoms with Crippen LogP contribution in [0, 0.1) is 16.7 Å². The minimum Gasteiger partial charge on any atom is -0.443 e. The molecule has 4 rings (SSSR count). The second-order valence-electron chi connectivity index (χ2n) is 8.49. The lowest BCUT2D eigenvalue weighted by atomic mass is 9.68. The molecule has 31 heavy (non-hydrogen) atoms. The molecule has 0 amide bonds. The van der Waals surface area contributed by atoms with E-state index in [0.717, 1.165) is 10.5 Å². The third-order valence-electron chi connectivity index (χ3n) is 5.44. The van der Waals surface area contributed by atoms with Crippen LogP contribution in [0.5, 0.6) is 0 Å². The van der Waals surface area contributed by atoms with E-state index in [4.69, 9.17) is 27.9 Å². The van der Waals surface area contributed by atoms with Crippen LogP contribution in [-0.4, -0.2) is 16.6 Å². The molecule has 1 heterocycles. The molecule has 2 atom stereocenters. The van der Waals surface area contributed by atoms with Crippen LogP contribution in [0.3, 0.4) is 0 Å². The molecule has 2 aromatic carbocycles. The Labute approximate surface area is 196 Å². The number of ketones is 1. The Kier molecular flexibility index (Phi) is 5.91. The van der Waals surface area contributed by atoms with Crippen molar-refractivity contribution in [3.8, 4) is 6.07 Å². The van der Waals surface area contributed by atoms with E-state index < -0.39 is 10.8 Å². The van der Waals surface area contributed by atoms with Gasteiger partial charge in [-0.3, -0.25) is 4.79 Å². The number of hydrogen-bond donors (Lipinski definition) is 0. The van der Waals surface area contributed by atoms with Gasteiger partial charge in [0.25, 0.3) is 0 Å². The van der Waals surface area contributed by atoms with Crippen molar-refractivity contribution in [2.24, 2.45) is 9.81 Å². The van der Waals surface area contributed by atoms with Crippen LogP contribution in [0.4, 0.5) is 0 Å². The average molecular weight is 471 g/mol. The van der Waals surface area contributed by atoms with E-state index in [1.165, 1.54) is 11.9 Å². The fourth-order valence-corrected chi connectivity index (χ4v) is 5.17. The van der Waals surface area contributed by atoms with Crippen molar-refractivity contribution in [1.82, 2.24) is 0 Å². The van der Waals surface area contributed by atoms with Crippen molar-refractivity contribution >= 4 is 46.8 Å². The lowest BCUT2D eigenvalue weighted by Crippen LogP contribution is -2.47. The van der Waals surface area contributed by atoms with E-state index in [2.05, 4.69) is 10.5 Å². The molecule has 2 aliphatic rings. The predicted molar refractivity (Wildman–Crippen MR) is 124 cm³/mol. The van der Waals surface area contributed by atoms with Gasteiger partial charge in [0.05, 0.1) is 12.0 Å². The summed E-state index contributed by atoms with van der Waals surface area (Å²) in [6.07, 6.45) is 0.925. The van der Waals surface area contributed by atoms with Crippen LogP contribution in [0.1, 0.15) is 38.2 Å². The molecular formula is C24H20Cl2N2O2S. The molecule has 0 fully saturated rings. The van der Waals surface area contributed by atoms with E-state index in [-0.39, 0.29) is 17.1 Å². The monoisotopic (exact) mass is 470 g/mol. The number of Topliss-reactive ketones (excluding diaryl/α,β-unsaturated/α-hetero) is 1. The Morgan fingerprint density at radius 1 is 1.13 bits per heavy atom. The van der Waals surface area contributed by atoms with Crippen molar-refractivity contribution in [3.63, 3.8) is 0 Å². The minimum absolute atomic E-state index is 0.0544. The number of allylic oxidation sites excluding steroid dienone is 2. The number of rotatable bonds is 3. The Balaban J connectivity index is 1.87. The first-order valence-electron chi connectivity index (χ1n) is 9.84. The number of benzene rings is 2. The van der Waals surface area contributed by atoms with Gasteiger partial charge in [-0.25, -0.2) is 0 Å². The molecule has 0 aromatic heterocycles. The van der Waals surface area contributed by atoms with Gasteiger partial charge >= 0.3 is 0 Å². The average Bonchev–Trinajstić information content (AvgIpc) is 2.73. The highest BCUT2D eigenvalue weighted by Crippen LogP contribution is 2.52. The van der Waals surface area contributed by atoms with Gasteiger partial charge in [-0.1, -0.05) is 67.4 Å². The van der Waals surface area contributed by atoms with Gasteiger partial charge in [-0.2, -0.15) is 9.66 Å². The molecule has 0 radical (unpaired) electrons. The number of alkyl halides is 1. The summed E-state index contributed by atoms with van der Waals surface area (Å²) in [4.78, 5) is 12.4. The summed E-state index contributed by atoms with van der Waals surface area (Å²) < 4.78 is 10.6. The third kappa shape index (κ3) is 4.25. The highest BCUT2D eigenvalue weighted by molar-refractivity contribution is 7.98. The number of ether oxygens (including phenoxy) is 1. The van der Waals surface area contributed by atoms with Gasteiger partial charge < -0.3 is 4.74 Å². The standard InChI is InChI=1S/C24H20Cl2N2O2S/c1-23(2)12-18(29)20-19(13-23)30-22(28-31-17-6-4-3-5-7-17)24(26,14-27)21(20)15-8-10-16(25)11-9-15/h3-11,21H,12-13H2,1-2H3/b28-22-/t21-,24+/m1/s1. The SMILES string of the molecule is CC1(C)CC(=O)C2=C(C1)O/C(=N\Sc1ccccc1)[C@](Cl)(C#N)[C@@H]2c1ccc(Cl)cc1. The zero-order valence-corrected chi connectivity index (χ0v) is 19.4. The van der Waals surface area contributed by atoms with Crippen LogP contribution in [0.25, 0.3) is 0 Å². The Morgan fingerprint density at radius 2 is 1.81 bits per heavy atom. The van der Waals surface area contributed by atoms with Gasteiger partial charge in [0, 0.05) is 40.3 Å². The lowest BCUT2D eigenvalue weighted by Gasteiger charge is -2.42. The molecule has 1 aliphatic heterocycles. The predicted octanol–water partition coefficient (Wildman–Crippen LogP) is 6.70. The molecule has 0 spiro atoms. The van der Waals surface area contributed by atoms with Crippen LogP contribution in [0.15, 0.2) is 75.2 Å². The highest BCUT2D eigenvalue weighted by atomic mass is 35.5. The van der Waals surface area contributed by atoms with Crippen molar-refractivity contribution in [2.75, 3.05) is 0 Å². The Morgan fingerprint density at radius 3 is 2.45 bits per heavy atom. The molecule has 158 valence electrons. The highest BCUT2D eigenvalue weighted by Gasteiger charge is 2.55. The van der Waals surface area contributed by atoms with Gasteiger partial charge in [0.2, 0.25) is 10.8 Å². The van der Waals surface area contributed by atoms with Crippen LogP contribution >= 0.6 is 35.1 Å². The molecule has 4 nitrogen and oxygen atoms in total. The fraction of sp³-hybridized carbons (Fsp3) is 0.292. The zero-order chi connectivity index (χ0) is 22.2. The van der Waals surface area contributed by atoms with Gasteiger partial charge in [-0.15, -0.1) is 0 Å². The van der Waals surface area contributed by atoms with E-state index >= 15 is 0 Å². The summed E-state index contributed by atoms with van der Waals surface area (Å²) in [5.41, 5.74) is 0.931. The third-order valence-corrected chi connectivity index (χ3v) is 6.90. The minimum atomic E-state index is -1.66. The maximum atomic E-state index is 13.2. The van der Waals surface area contributed by atoms with E-state index in [1.54, 1.807) is 24.3 Å². The zero-order valence-electron chi connectivity index (χ0n) is 17.1. The second-order valence-corrected chi connectivity index (χ2v) is 10.4. The van der Waals surface area contributed by atoms with E-state index in [1.807, 2.05) is 44.2 Å². The molecule has 7 heteroatoms. The number of carbonyl (C=O) groups is 1. The number of carbonyl (C=O) groups excluding carboxylic acids is 1. The van der Waals surface area contributed by atoms with Crippen molar-refractivity contribution < 1.29 is 9.53 Å². The maximum Gasteiger partial charge on any atom is 0.238 e. The summed E-state index contributed by atoms with van der Waals surface area (Å²) >= 11 is 14.2. The summed E-state index contributed by atoms with van der Waals surface area (Å²) in [5.74, 6) is -0.130. The second kappa shape index (κ2) is 8.35. The van der Waals surface area contributed by atoms with Crippen molar-refractivity contribution in [2.45, 2.75) is 42.4 Å². The maximum absolute atomic E-state index is 13.2. The number of halogens is 2. The van der Waals surface area contributed by atoms with Crippen LogP contribution in [0.2, 0.25) is 5.02 Å². The molecule has 0 saturated heterocycles. The van der Waals surface area contributed by atoms with Crippen LogP contribution < -0.4 is 0 Å². The first-order chi connectivity index (χ1) is 14.7. The largest absolute Gasteiger partial charge is 0.443 e. The van der Waals surface area contributed by atoms with E-state index in [0.29, 0.717) is 29.2 Å². The summed E-state index contributed by atoms with van der Waals surface area (Å²) in [6.45, 7) is 4.05. The Hall–Kier alpha value is -2.26. The first-order valence-corrected chi connectivity index (χ1v) is 11.4. The number of hydrogen-bond acceptors (Lipinski definition) is 5.